The molecule has 2 rings (SSSR count). The fourth-order valence-corrected chi connectivity index (χ4v) is 1.96. The molecule has 1 N–H and O–H groups in total. The maximum absolute atomic E-state index is 8.89. The van der Waals surface area contributed by atoms with Crippen molar-refractivity contribution < 1.29 is 9.52 Å². The largest absolute Gasteiger partial charge is 0.446 e. The van der Waals surface area contributed by atoms with Gasteiger partial charge in [-0.25, -0.2) is 4.98 Å². The van der Waals surface area contributed by atoms with Crippen molar-refractivity contribution in [3.05, 3.63) is 52.2 Å². The Kier molecular flexibility index (Phi) is 4.39. The average Bonchev–Trinajstić information content (AvgIpc) is 2.70. The van der Waals surface area contributed by atoms with E-state index in [1.807, 2.05) is 31.2 Å². The first kappa shape index (κ1) is 13.1. The van der Waals surface area contributed by atoms with Crippen LogP contribution in [0.2, 0.25) is 5.02 Å². The van der Waals surface area contributed by atoms with Crippen molar-refractivity contribution in [2.24, 2.45) is 0 Å². The molecule has 0 fully saturated rings. The third-order valence-corrected chi connectivity index (χ3v) is 3.08. The van der Waals surface area contributed by atoms with E-state index in [2.05, 4.69) is 4.98 Å². The molecule has 1 heterocycles. The summed E-state index contributed by atoms with van der Waals surface area (Å²) in [4.78, 5) is 4.38. The summed E-state index contributed by atoms with van der Waals surface area (Å²) in [7, 11) is 0. The van der Waals surface area contributed by atoms with Crippen LogP contribution in [0.15, 0.2) is 28.7 Å². The van der Waals surface area contributed by atoms with Gasteiger partial charge in [0, 0.05) is 24.5 Å². The lowest BCUT2D eigenvalue weighted by Gasteiger charge is -1.98. The zero-order valence-electron chi connectivity index (χ0n) is 10.3. The summed E-state index contributed by atoms with van der Waals surface area (Å²) in [6.45, 7) is 1.98. The van der Waals surface area contributed by atoms with Crippen LogP contribution in [0.1, 0.15) is 22.9 Å². The fraction of sp³-hybridized carbons (Fsp3) is 0.357. The summed E-state index contributed by atoms with van der Waals surface area (Å²) in [5.41, 5.74) is 2.06. The van der Waals surface area contributed by atoms with Gasteiger partial charge in [0.25, 0.3) is 0 Å². The highest BCUT2D eigenvalue weighted by atomic mass is 35.5. The molecule has 0 aliphatic carbocycles. The predicted octanol–water partition coefficient (Wildman–Crippen LogP) is 2.96. The number of aliphatic hydroxyl groups excluding tert-OH is 1. The van der Waals surface area contributed by atoms with E-state index in [1.165, 1.54) is 5.56 Å². The molecule has 0 aliphatic heterocycles. The Bertz CT molecular complexity index is 505. The maximum atomic E-state index is 8.89. The summed E-state index contributed by atoms with van der Waals surface area (Å²) in [5.74, 6) is 1.53. The van der Waals surface area contributed by atoms with E-state index in [0.29, 0.717) is 6.42 Å². The van der Waals surface area contributed by atoms with Gasteiger partial charge in [-0.3, -0.25) is 0 Å². The Morgan fingerprint density at radius 3 is 2.56 bits per heavy atom. The molecule has 96 valence electrons. The summed E-state index contributed by atoms with van der Waals surface area (Å²) in [6, 6.07) is 7.78. The van der Waals surface area contributed by atoms with Crippen LogP contribution in [0.3, 0.4) is 0 Å². The number of halogens is 1. The fourth-order valence-electron chi connectivity index (χ4n) is 1.83. The molecule has 2 aromatic rings. The average molecular weight is 266 g/mol. The molecule has 0 radical (unpaired) electrons. The molecular formula is C14H16ClNO2. The van der Waals surface area contributed by atoms with Gasteiger partial charge < -0.3 is 9.52 Å². The lowest BCUT2D eigenvalue weighted by atomic mass is 10.1. The number of oxazole rings is 1. The first-order valence-corrected chi connectivity index (χ1v) is 6.37. The number of aliphatic hydroxyl groups is 1. The van der Waals surface area contributed by atoms with Gasteiger partial charge in [-0.05, 0) is 31.0 Å². The molecule has 0 unspecified atom stereocenters. The van der Waals surface area contributed by atoms with Crippen molar-refractivity contribution in [3.8, 4) is 0 Å². The number of rotatable bonds is 5. The van der Waals surface area contributed by atoms with E-state index >= 15 is 0 Å². The molecule has 3 nitrogen and oxygen atoms in total. The van der Waals surface area contributed by atoms with Crippen molar-refractivity contribution in [1.29, 1.82) is 0 Å². The maximum Gasteiger partial charge on any atom is 0.194 e. The molecule has 0 spiro atoms. The molecule has 18 heavy (non-hydrogen) atoms. The Labute approximate surface area is 111 Å². The standard InChI is InChI=1S/C14H16ClNO2/c1-10-13(8-9-17)16-14(18-10)7-4-11-2-5-12(15)6-3-11/h2-3,5-6,17H,4,7-9H2,1H3. The van der Waals surface area contributed by atoms with E-state index in [9.17, 15) is 0 Å². The quantitative estimate of drug-likeness (QED) is 0.904. The van der Waals surface area contributed by atoms with Gasteiger partial charge in [0.15, 0.2) is 5.89 Å². The van der Waals surface area contributed by atoms with E-state index in [0.717, 1.165) is 35.2 Å². The monoisotopic (exact) mass is 265 g/mol. The zero-order valence-corrected chi connectivity index (χ0v) is 11.1. The van der Waals surface area contributed by atoms with Crippen molar-refractivity contribution in [3.63, 3.8) is 0 Å². The summed E-state index contributed by atoms with van der Waals surface area (Å²) in [6.07, 6.45) is 2.18. The molecule has 0 saturated carbocycles. The molecule has 0 atom stereocenters. The van der Waals surface area contributed by atoms with Gasteiger partial charge in [-0.2, -0.15) is 0 Å². The minimum Gasteiger partial charge on any atom is -0.446 e. The van der Waals surface area contributed by atoms with Crippen molar-refractivity contribution in [1.82, 2.24) is 4.98 Å². The van der Waals surface area contributed by atoms with Crippen molar-refractivity contribution >= 4 is 11.6 Å². The van der Waals surface area contributed by atoms with E-state index in [-0.39, 0.29) is 6.61 Å². The third kappa shape index (κ3) is 3.34. The van der Waals surface area contributed by atoms with Crippen molar-refractivity contribution in [2.75, 3.05) is 6.61 Å². The van der Waals surface area contributed by atoms with E-state index in [1.54, 1.807) is 0 Å². The predicted molar refractivity (Wildman–Crippen MR) is 70.9 cm³/mol. The third-order valence-electron chi connectivity index (χ3n) is 2.83. The van der Waals surface area contributed by atoms with E-state index in [4.69, 9.17) is 21.1 Å². The summed E-state index contributed by atoms with van der Waals surface area (Å²) in [5, 5.41) is 9.64. The molecule has 4 heteroatoms. The Morgan fingerprint density at radius 2 is 1.89 bits per heavy atom. The van der Waals surface area contributed by atoms with Crippen LogP contribution in [0.4, 0.5) is 0 Å². The van der Waals surface area contributed by atoms with Gasteiger partial charge in [-0.15, -0.1) is 0 Å². The number of benzene rings is 1. The summed E-state index contributed by atoms with van der Waals surface area (Å²) >= 11 is 5.83. The number of hydrogen-bond acceptors (Lipinski definition) is 3. The Balaban J connectivity index is 1.97. The molecule has 0 aliphatic rings. The second-order valence-corrected chi connectivity index (χ2v) is 4.65. The Morgan fingerprint density at radius 1 is 1.17 bits per heavy atom. The van der Waals surface area contributed by atoms with Crippen LogP contribution in [0.25, 0.3) is 0 Å². The lowest BCUT2D eigenvalue weighted by molar-refractivity contribution is 0.297. The highest BCUT2D eigenvalue weighted by Crippen LogP contribution is 2.14. The van der Waals surface area contributed by atoms with E-state index < -0.39 is 0 Å². The van der Waals surface area contributed by atoms with Gasteiger partial charge >= 0.3 is 0 Å². The smallest absolute Gasteiger partial charge is 0.194 e. The lowest BCUT2D eigenvalue weighted by Crippen LogP contribution is -1.95. The van der Waals surface area contributed by atoms with Crippen LogP contribution in [0.5, 0.6) is 0 Å². The van der Waals surface area contributed by atoms with Crippen molar-refractivity contribution in [2.45, 2.75) is 26.2 Å². The SMILES string of the molecule is Cc1oc(CCc2ccc(Cl)cc2)nc1CCO. The van der Waals surface area contributed by atoms with Crippen LogP contribution in [-0.4, -0.2) is 16.7 Å². The topological polar surface area (TPSA) is 46.3 Å². The highest BCUT2D eigenvalue weighted by Gasteiger charge is 2.08. The number of aromatic nitrogens is 1. The van der Waals surface area contributed by atoms with Crippen LogP contribution in [0, 0.1) is 6.92 Å². The highest BCUT2D eigenvalue weighted by molar-refractivity contribution is 6.30. The van der Waals surface area contributed by atoms with Gasteiger partial charge in [0.05, 0.1) is 5.69 Å². The minimum absolute atomic E-state index is 0.101. The second-order valence-electron chi connectivity index (χ2n) is 4.21. The zero-order chi connectivity index (χ0) is 13.0. The molecule has 1 aromatic carbocycles. The first-order valence-electron chi connectivity index (χ1n) is 5.99. The number of nitrogens with zero attached hydrogens (tertiary/aromatic N) is 1. The molecule has 0 amide bonds. The summed E-state index contributed by atoms with van der Waals surface area (Å²) < 4.78 is 5.56. The molecule has 0 bridgehead atoms. The number of aryl methyl sites for hydroxylation is 3. The van der Waals surface area contributed by atoms with Crippen LogP contribution >= 0.6 is 11.6 Å². The van der Waals surface area contributed by atoms with Gasteiger partial charge in [0.1, 0.15) is 5.76 Å². The van der Waals surface area contributed by atoms with Crippen LogP contribution < -0.4 is 0 Å². The number of hydrogen-bond donors (Lipinski definition) is 1. The molecule has 0 saturated heterocycles. The Hall–Kier alpha value is -1.32. The second kappa shape index (κ2) is 6.03. The van der Waals surface area contributed by atoms with Crippen LogP contribution in [-0.2, 0) is 19.3 Å². The van der Waals surface area contributed by atoms with Gasteiger partial charge in [-0.1, -0.05) is 23.7 Å². The minimum atomic E-state index is 0.101. The molecular weight excluding hydrogens is 250 g/mol. The van der Waals surface area contributed by atoms with Gasteiger partial charge in [0.2, 0.25) is 0 Å². The first-order chi connectivity index (χ1) is 8.69. The molecule has 1 aromatic heterocycles. The normalized spacial score (nSPS) is 10.8.